The molecule has 0 spiro atoms. The van der Waals surface area contributed by atoms with Gasteiger partial charge in [-0.3, -0.25) is 0 Å². The van der Waals surface area contributed by atoms with Crippen LogP contribution in [-0.4, -0.2) is 5.16 Å². The zero-order valence-corrected chi connectivity index (χ0v) is 12.1. The molecule has 0 aromatic heterocycles. The summed E-state index contributed by atoms with van der Waals surface area (Å²) >= 11 is 6.14. The van der Waals surface area contributed by atoms with Crippen LogP contribution in [-0.2, 0) is 12.8 Å². The summed E-state index contributed by atoms with van der Waals surface area (Å²) in [5.41, 5.74) is 6.02. The van der Waals surface area contributed by atoms with E-state index < -0.39 is 0 Å². The lowest BCUT2D eigenvalue weighted by molar-refractivity contribution is 0.559. The molecule has 2 atom stereocenters. The van der Waals surface area contributed by atoms with Gasteiger partial charge in [0.2, 0.25) is 0 Å². The van der Waals surface area contributed by atoms with Gasteiger partial charge in [-0.25, -0.2) is 0 Å². The third-order valence-corrected chi connectivity index (χ3v) is 6.14. The Labute approximate surface area is 105 Å². The van der Waals surface area contributed by atoms with Crippen molar-refractivity contribution in [2.45, 2.75) is 51.6 Å². The summed E-state index contributed by atoms with van der Waals surface area (Å²) < 4.78 is 0. The Kier molecular flexibility index (Phi) is 3.62. The average molecular weight is 255 g/mol. The molecule has 1 aliphatic carbocycles. The molecule has 16 heavy (non-hydrogen) atoms. The molecule has 0 aliphatic heterocycles. The molecule has 88 valence electrons. The van der Waals surface area contributed by atoms with E-state index in [1.54, 1.807) is 11.1 Å². The fourth-order valence-electron chi connectivity index (χ4n) is 2.70. The zero-order valence-electron chi connectivity index (χ0n) is 10.4. The molecule has 1 aromatic carbocycles. The second-order valence-corrected chi connectivity index (χ2v) is 7.34. The van der Waals surface area contributed by atoms with Gasteiger partial charge in [0, 0.05) is 0 Å². The van der Waals surface area contributed by atoms with Gasteiger partial charge in [-0.15, -0.1) is 0 Å². The van der Waals surface area contributed by atoms with Gasteiger partial charge in [-0.05, 0) is 69.3 Å². The van der Waals surface area contributed by atoms with Gasteiger partial charge in [-0.1, -0.05) is 35.9 Å². The Balaban J connectivity index is 2.34. The highest BCUT2D eigenvalue weighted by Crippen LogP contribution is 2.45. The Morgan fingerprint density at radius 2 is 1.88 bits per heavy atom. The second-order valence-electron chi connectivity index (χ2n) is 5.37. The SMILES string of the molecule is Cc1cc(C)c2c(c1)CCC(C)(PCl)CC2. The van der Waals surface area contributed by atoms with Crippen LogP contribution in [0.15, 0.2) is 12.1 Å². The Bertz CT molecular complexity index is 400. The van der Waals surface area contributed by atoms with Crippen molar-refractivity contribution in [3.8, 4) is 0 Å². The van der Waals surface area contributed by atoms with Crippen molar-refractivity contribution in [3.63, 3.8) is 0 Å². The van der Waals surface area contributed by atoms with E-state index >= 15 is 0 Å². The third-order valence-electron chi connectivity index (χ3n) is 3.81. The average Bonchev–Trinajstić information content (AvgIpc) is 2.40. The van der Waals surface area contributed by atoms with Crippen molar-refractivity contribution in [1.82, 2.24) is 0 Å². The molecule has 1 aromatic rings. The van der Waals surface area contributed by atoms with Crippen molar-refractivity contribution in [2.75, 3.05) is 0 Å². The highest BCUT2D eigenvalue weighted by atomic mass is 35.7. The maximum Gasteiger partial charge on any atom is -0.000546 e. The lowest BCUT2D eigenvalue weighted by atomic mass is 9.95. The minimum absolute atomic E-state index is 0.362. The minimum atomic E-state index is 0.362. The number of fused-ring (bicyclic) bond motifs is 1. The predicted octanol–water partition coefficient (Wildman–Crippen LogP) is 4.77. The van der Waals surface area contributed by atoms with Crippen LogP contribution in [0.3, 0.4) is 0 Å². The van der Waals surface area contributed by atoms with E-state index in [-0.39, 0.29) is 0 Å². The highest BCUT2D eigenvalue weighted by Gasteiger charge is 2.27. The summed E-state index contributed by atoms with van der Waals surface area (Å²) in [4.78, 5) is 0. The van der Waals surface area contributed by atoms with Gasteiger partial charge in [0.25, 0.3) is 0 Å². The molecule has 0 bridgehead atoms. The first-order chi connectivity index (χ1) is 7.54. The van der Waals surface area contributed by atoms with Gasteiger partial charge in [0.1, 0.15) is 0 Å². The molecule has 1 aliphatic rings. The van der Waals surface area contributed by atoms with Gasteiger partial charge in [0.15, 0.2) is 0 Å². The van der Waals surface area contributed by atoms with E-state index in [2.05, 4.69) is 32.9 Å². The summed E-state index contributed by atoms with van der Waals surface area (Å²) in [6.45, 7) is 6.78. The van der Waals surface area contributed by atoms with Crippen LogP contribution < -0.4 is 0 Å². The minimum Gasteiger partial charge on any atom is -0.0995 e. The van der Waals surface area contributed by atoms with Crippen molar-refractivity contribution >= 4 is 19.2 Å². The maximum atomic E-state index is 6.14. The standard InChI is InChI=1S/C14H20ClP/c1-10-8-11(2)13-5-7-14(3,16-15)6-4-12(13)9-10/h8-9,16H,4-7H2,1-3H3. The monoisotopic (exact) mass is 254 g/mol. The molecule has 2 heteroatoms. The molecule has 0 fully saturated rings. The molecule has 0 saturated carbocycles. The smallest absolute Gasteiger partial charge is 0.000546 e. The lowest BCUT2D eigenvalue weighted by Gasteiger charge is -2.24. The van der Waals surface area contributed by atoms with Gasteiger partial charge >= 0.3 is 0 Å². The molecular formula is C14H20ClP. The van der Waals surface area contributed by atoms with E-state index in [0.29, 0.717) is 13.1 Å². The van der Waals surface area contributed by atoms with E-state index in [1.807, 2.05) is 0 Å². The normalized spacial score (nSPS) is 25.8. The molecule has 0 radical (unpaired) electrons. The summed E-state index contributed by atoms with van der Waals surface area (Å²) in [7, 11) is 0.549. The van der Waals surface area contributed by atoms with Gasteiger partial charge in [-0.2, -0.15) is 0 Å². The molecule has 2 rings (SSSR count). The Morgan fingerprint density at radius 1 is 1.19 bits per heavy atom. The number of hydrogen-bond donors (Lipinski definition) is 0. The van der Waals surface area contributed by atoms with Gasteiger partial charge < -0.3 is 0 Å². The number of aryl methyl sites for hydroxylation is 3. The summed E-state index contributed by atoms with van der Waals surface area (Å²) in [5, 5.41) is 0.362. The number of benzene rings is 1. The molecule has 2 unspecified atom stereocenters. The van der Waals surface area contributed by atoms with Crippen LogP contribution in [0.1, 0.15) is 42.0 Å². The van der Waals surface area contributed by atoms with Crippen molar-refractivity contribution < 1.29 is 0 Å². The topological polar surface area (TPSA) is 0 Å². The van der Waals surface area contributed by atoms with Crippen LogP contribution in [0, 0.1) is 13.8 Å². The molecule has 0 N–H and O–H groups in total. The first-order valence-corrected chi connectivity index (χ1v) is 8.02. The van der Waals surface area contributed by atoms with Crippen molar-refractivity contribution in [3.05, 3.63) is 34.4 Å². The number of rotatable bonds is 1. The predicted molar refractivity (Wildman–Crippen MR) is 75.1 cm³/mol. The zero-order chi connectivity index (χ0) is 11.8. The molecule has 0 nitrogen and oxygen atoms in total. The Morgan fingerprint density at radius 3 is 2.56 bits per heavy atom. The van der Waals surface area contributed by atoms with Crippen LogP contribution in [0.2, 0.25) is 0 Å². The van der Waals surface area contributed by atoms with Crippen molar-refractivity contribution in [2.24, 2.45) is 0 Å². The number of halogens is 1. The van der Waals surface area contributed by atoms with Crippen molar-refractivity contribution in [1.29, 1.82) is 0 Å². The Hall–Kier alpha value is -0.0600. The van der Waals surface area contributed by atoms with E-state index in [0.717, 1.165) is 0 Å². The number of hydrogen-bond acceptors (Lipinski definition) is 0. The fraction of sp³-hybridized carbons (Fsp3) is 0.571. The van der Waals surface area contributed by atoms with Crippen LogP contribution in [0.4, 0.5) is 0 Å². The molecule has 0 heterocycles. The molecular weight excluding hydrogens is 235 g/mol. The molecule has 0 saturated heterocycles. The first kappa shape index (κ1) is 12.4. The first-order valence-electron chi connectivity index (χ1n) is 6.01. The van der Waals surface area contributed by atoms with E-state index in [1.165, 1.54) is 36.8 Å². The largest absolute Gasteiger partial charge is 0.0995 e. The van der Waals surface area contributed by atoms with Crippen LogP contribution in [0.5, 0.6) is 0 Å². The van der Waals surface area contributed by atoms with E-state index in [9.17, 15) is 0 Å². The summed E-state index contributed by atoms with van der Waals surface area (Å²) in [6.07, 6.45) is 4.89. The molecule has 0 amide bonds. The maximum absolute atomic E-state index is 6.14. The third kappa shape index (κ3) is 2.44. The summed E-state index contributed by atoms with van der Waals surface area (Å²) in [6, 6.07) is 4.68. The second kappa shape index (κ2) is 4.67. The fourth-order valence-corrected chi connectivity index (χ4v) is 3.70. The van der Waals surface area contributed by atoms with Crippen LogP contribution >= 0.6 is 19.2 Å². The van der Waals surface area contributed by atoms with Crippen LogP contribution in [0.25, 0.3) is 0 Å². The quantitative estimate of drug-likeness (QED) is 0.500. The van der Waals surface area contributed by atoms with Gasteiger partial charge in [0.05, 0.1) is 0 Å². The van der Waals surface area contributed by atoms with E-state index in [4.69, 9.17) is 11.2 Å². The summed E-state index contributed by atoms with van der Waals surface area (Å²) in [5.74, 6) is 0. The lowest BCUT2D eigenvalue weighted by Crippen LogP contribution is -2.16. The highest BCUT2D eigenvalue weighted by molar-refractivity contribution is 7.69.